The van der Waals surface area contributed by atoms with E-state index in [0.717, 1.165) is 24.0 Å². The zero-order chi connectivity index (χ0) is 13.0. The van der Waals surface area contributed by atoms with Crippen LogP contribution in [0.5, 0.6) is 0 Å². The minimum absolute atomic E-state index is 0.111. The van der Waals surface area contributed by atoms with E-state index in [1.165, 1.54) is 18.9 Å². The summed E-state index contributed by atoms with van der Waals surface area (Å²) >= 11 is 3.24. The Bertz CT molecular complexity index is 435. The fraction of sp³-hybridized carbons (Fsp3) is 0.500. The van der Waals surface area contributed by atoms with Gasteiger partial charge in [0.2, 0.25) is 0 Å². The average molecular weight is 314 g/mol. The van der Waals surface area contributed by atoms with Gasteiger partial charge in [-0.2, -0.15) is 0 Å². The van der Waals surface area contributed by atoms with Gasteiger partial charge in [-0.15, -0.1) is 0 Å². The number of nitro benzene ring substituents is 1. The lowest BCUT2D eigenvalue weighted by Crippen LogP contribution is -2.20. The maximum Gasteiger partial charge on any atom is 0.293 e. The quantitative estimate of drug-likeness (QED) is 0.461. The molecule has 1 aliphatic carbocycles. The minimum Gasteiger partial charge on any atom is -0.379 e. The van der Waals surface area contributed by atoms with Crippen molar-refractivity contribution >= 4 is 27.3 Å². The van der Waals surface area contributed by atoms with Gasteiger partial charge in [0.15, 0.2) is 0 Å². The van der Waals surface area contributed by atoms with Gasteiger partial charge in [-0.3, -0.25) is 10.1 Å². The summed E-state index contributed by atoms with van der Waals surface area (Å²) in [7, 11) is 0. The molecule has 0 unspecified atom stereocenters. The molecule has 0 aromatic heterocycles. The summed E-state index contributed by atoms with van der Waals surface area (Å²) in [6.07, 6.45) is 3.53. The molecule has 1 aromatic carbocycles. The Morgan fingerprint density at radius 1 is 1.39 bits per heavy atom. The molecule has 2 N–H and O–H groups in total. The van der Waals surface area contributed by atoms with Gasteiger partial charge in [-0.05, 0) is 37.9 Å². The Morgan fingerprint density at radius 3 is 2.83 bits per heavy atom. The van der Waals surface area contributed by atoms with Crippen molar-refractivity contribution in [3.8, 4) is 0 Å². The molecule has 98 valence electrons. The van der Waals surface area contributed by atoms with E-state index < -0.39 is 0 Å². The van der Waals surface area contributed by atoms with Crippen LogP contribution >= 0.6 is 15.9 Å². The molecule has 0 amide bonds. The Balaban J connectivity index is 1.81. The molecule has 18 heavy (non-hydrogen) atoms. The molecule has 1 saturated carbocycles. The van der Waals surface area contributed by atoms with Gasteiger partial charge >= 0.3 is 0 Å². The summed E-state index contributed by atoms with van der Waals surface area (Å²) in [6.45, 7) is 1.70. The summed E-state index contributed by atoms with van der Waals surface area (Å²) in [6, 6.07) is 5.77. The standard InChI is InChI=1S/C12H16BrN3O2/c13-9-2-5-11(12(8-9)16(17)18)15-7-1-6-14-10-3-4-10/h2,5,8,10,14-15H,1,3-4,6-7H2. The van der Waals surface area contributed by atoms with Crippen LogP contribution in [0.3, 0.4) is 0 Å². The van der Waals surface area contributed by atoms with Gasteiger partial charge in [-0.25, -0.2) is 0 Å². The molecule has 0 atom stereocenters. The van der Waals surface area contributed by atoms with Gasteiger partial charge in [0.25, 0.3) is 5.69 Å². The molecule has 0 saturated heterocycles. The van der Waals surface area contributed by atoms with E-state index in [2.05, 4.69) is 26.6 Å². The minimum atomic E-state index is -0.366. The Morgan fingerprint density at radius 2 is 2.17 bits per heavy atom. The smallest absolute Gasteiger partial charge is 0.293 e. The zero-order valence-corrected chi connectivity index (χ0v) is 11.6. The van der Waals surface area contributed by atoms with E-state index in [4.69, 9.17) is 0 Å². The summed E-state index contributed by atoms with van der Waals surface area (Å²) in [5.41, 5.74) is 0.689. The third kappa shape index (κ3) is 3.96. The molecule has 0 heterocycles. The molecular weight excluding hydrogens is 298 g/mol. The molecule has 0 spiro atoms. The number of nitrogens with one attached hydrogen (secondary N) is 2. The molecule has 1 aromatic rings. The first-order valence-corrected chi connectivity index (χ1v) is 6.87. The van der Waals surface area contributed by atoms with Gasteiger partial charge in [0, 0.05) is 23.1 Å². The highest BCUT2D eigenvalue weighted by atomic mass is 79.9. The van der Waals surface area contributed by atoms with Gasteiger partial charge < -0.3 is 10.6 Å². The number of benzene rings is 1. The summed E-state index contributed by atoms with van der Waals surface area (Å²) in [4.78, 5) is 10.5. The van der Waals surface area contributed by atoms with Gasteiger partial charge in [0.05, 0.1) is 4.92 Å². The fourth-order valence-corrected chi connectivity index (χ4v) is 2.06. The predicted octanol–water partition coefficient (Wildman–Crippen LogP) is 2.91. The lowest BCUT2D eigenvalue weighted by molar-refractivity contribution is -0.384. The van der Waals surface area contributed by atoms with Crippen molar-refractivity contribution in [2.75, 3.05) is 18.4 Å². The van der Waals surface area contributed by atoms with Crippen LogP contribution < -0.4 is 10.6 Å². The molecular formula is C12H16BrN3O2. The van der Waals surface area contributed by atoms with Gasteiger partial charge in [0.1, 0.15) is 5.69 Å². The topological polar surface area (TPSA) is 67.2 Å². The summed E-state index contributed by atoms with van der Waals surface area (Å²) in [5, 5.41) is 17.4. The van der Waals surface area contributed by atoms with E-state index >= 15 is 0 Å². The van der Waals surface area contributed by atoms with Crippen LogP contribution in [0, 0.1) is 10.1 Å². The van der Waals surface area contributed by atoms with Gasteiger partial charge in [-0.1, -0.05) is 15.9 Å². The third-order valence-corrected chi connectivity index (χ3v) is 3.33. The van der Waals surface area contributed by atoms with Crippen LogP contribution in [0.4, 0.5) is 11.4 Å². The maximum atomic E-state index is 10.9. The fourth-order valence-electron chi connectivity index (χ4n) is 1.71. The second kappa shape index (κ2) is 6.15. The SMILES string of the molecule is O=[N+]([O-])c1cc(Br)ccc1NCCCNC1CC1. The van der Waals surface area contributed by atoms with Crippen molar-refractivity contribution < 1.29 is 4.92 Å². The highest BCUT2D eigenvalue weighted by Gasteiger charge is 2.19. The summed E-state index contributed by atoms with van der Waals surface area (Å²) < 4.78 is 0.718. The van der Waals surface area contributed by atoms with Crippen LogP contribution in [0.2, 0.25) is 0 Å². The Hall–Kier alpha value is -1.14. The van der Waals surface area contributed by atoms with E-state index in [9.17, 15) is 10.1 Å². The van der Waals surface area contributed by atoms with Crippen molar-refractivity contribution in [3.63, 3.8) is 0 Å². The van der Waals surface area contributed by atoms with Crippen LogP contribution in [0.1, 0.15) is 19.3 Å². The Labute approximate surface area is 114 Å². The number of nitro groups is 1. The predicted molar refractivity (Wildman–Crippen MR) is 74.9 cm³/mol. The first-order chi connectivity index (χ1) is 8.66. The molecule has 0 radical (unpaired) electrons. The summed E-state index contributed by atoms with van der Waals surface area (Å²) in [5.74, 6) is 0. The average Bonchev–Trinajstić information content (AvgIpc) is 3.14. The van der Waals surface area contributed by atoms with E-state index in [-0.39, 0.29) is 10.6 Å². The van der Waals surface area contributed by atoms with Crippen molar-refractivity contribution in [2.24, 2.45) is 0 Å². The van der Waals surface area contributed by atoms with Crippen molar-refractivity contribution in [1.29, 1.82) is 0 Å². The molecule has 0 bridgehead atoms. The van der Waals surface area contributed by atoms with E-state index in [1.807, 2.05) is 0 Å². The van der Waals surface area contributed by atoms with Crippen molar-refractivity contribution in [2.45, 2.75) is 25.3 Å². The zero-order valence-electron chi connectivity index (χ0n) is 9.99. The first-order valence-electron chi connectivity index (χ1n) is 6.08. The highest BCUT2D eigenvalue weighted by Crippen LogP contribution is 2.27. The second-order valence-electron chi connectivity index (χ2n) is 4.43. The van der Waals surface area contributed by atoms with Crippen molar-refractivity contribution in [1.82, 2.24) is 5.32 Å². The molecule has 1 aliphatic rings. The third-order valence-electron chi connectivity index (χ3n) is 2.84. The monoisotopic (exact) mass is 313 g/mol. The maximum absolute atomic E-state index is 10.9. The molecule has 1 fully saturated rings. The Kier molecular flexibility index (Phi) is 4.54. The van der Waals surface area contributed by atoms with E-state index in [1.54, 1.807) is 12.1 Å². The number of anilines is 1. The van der Waals surface area contributed by atoms with Crippen molar-refractivity contribution in [3.05, 3.63) is 32.8 Å². The molecule has 6 heteroatoms. The van der Waals surface area contributed by atoms with E-state index in [0.29, 0.717) is 11.7 Å². The number of hydrogen-bond acceptors (Lipinski definition) is 4. The number of hydrogen-bond donors (Lipinski definition) is 2. The van der Waals surface area contributed by atoms with Crippen LogP contribution in [-0.4, -0.2) is 24.1 Å². The lowest BCUT2D eigenvalue weighted by atomic mass is 10.2. The van der Waals surface area contributed by atoms with Crippen LogP contribution in [-0.2, 0) is 0 Å². The van der Waals surface area contributed by atoms with Crippen LogP contribution in [0.15, 0.2) is 22.7 Å². The normalized spacial score (nSPS) is 14.5. The molecule has 0 aliphatic heterocycles. The number of nitrogens with zero attached hydrogens (tertiary/aromatic N) is 1. The molecule has 5 nitrogen and oxygen atoms in total. The number of rotatable bonds is 7. The number of halogens is 1. The van der Waals surface area contributed by atoms with Crippen LogP contribution in [0.25, 0.3) is 0 Å². The molecule has 2 rings (SSSR count). The largest absolute Gasteiger partial charge is 0.379 e. The lowest BCUT2D eigenvalue weighted by Gasteiger charge is -2.07. The second-order valence-corrected chi connectivity index (χ2v) is 5.34. The first kappa shape index (κ1) is 13.3. The highest BCUT2D eigenvalue weighted by molar-refractivity contribution is 9.10.